The largest absolute Gasteiger partial charge is 0.391 e. The molecule has 0 saturated carbocycles. The van der Waals surface area contributed by atoms with E-state index < -0.39 is 0 Å². The van der Waals surface area contributed by atoms with Crippen molar-refractivity contribution >= 4 is 23.3 Å². The third kappa shape index (κ3) is 3.11. The van der Waals surface area contributed by atoms with Gasteiger partial charge in [-0.2, -0.15) is 0 Å². The Bertz CT molecular complexity index is 424. The molecule has 98 valence electrons. The van der Waals surface area contributed by atoms with E-state index in [1.165, 1.54) is 0 Å². The zero-order valence-electron chi connectivity index (χ0n) is 10.2. The fourth-order valence-electron chi connectivity index (χ4n) is 1.95. The van der Waals surface area contributed by atoms with Crippen LogP contribution in [0.15, 0.2) is 18.3 Å². The molecule has 5 nitrogen and oxygen atoms in total. The number of β-amino-alcohol motifs (C(OH)–C–C–N with tert-alkyl or cyclic N) is 1. The predicted molar refractivity (Wildman–Crippen MR) is 69.7 cm³/mol. The molecule has 0 aliphatic carbocycles. The number of pyridine rings is 1. The Balaban J connectivity index is 1.92. The highest BCUT2D eigenvalue weighted by Gasteiger charge is 2.25. The highest BCUT2D eigenvalue weighted by molar-refractivity contribution is 6.30. The molecule has 0 aromatic carbocycles. The maximum absolute atomic E-state index is 12.0. The van der Waals surface area contributed by atoms with Gasteiger partial charge in [0.05, 0.1) is 17.7 Å². The molecule has 1 amide bonds. The average molecular weight is 270 g/mol. The minimum Gasteiger partial charge on any atom is -0.391 e. The van der Waals surface area contributed by atoms with E-state index in [4.69, 9.17) is 11.6 Å². The van der Waals surface area contributed by atoms with E-state index in [0.29, 0.717) is 30.4 Å². The number of hydrogen-bond donors (Lipinski definition) is 1. The van der Waals surface area contributed by atoms with Crippen LogP contribution in [-0.2, 0) is 4.79 Å². The topological polar surface area (TPSA) is 56.7 Å². The first-order valence-electron chi connectivity index (χ1n) is 5.85. The Labute approximate surface area is 111 Å². The number of aromatic nitrogens is 1. The van der Waals surface area contributed by atoms with Crippen molar-refractivity contribution in [1.82, 2.24) is 9.88 Å². The summed E-state index contributed by atoms with van der Waals surface area (Å²) >= 11 is 5.76. The molecule has 18 heavy (non-hydrogen) atoms. The summed E-state index contributed by atoms with van der Waals surface area (Å²) in [5.74, 6) is 0.707. The van der Waals surface area contributed by atoms with E-state index in [2.05, 4.69) is 4.98 Å². The van der Waals surface area contributed by atoms with Crippen LogP contribution >= 0.6 is 11.6 Å². The summed E-state index contributed by atoms with van der Waals surface area (Å²) < 4.78 is 0. The quantitative estimate of drug-likeness (QED) is 0.880. The fourth-order valence-corrected chi connectivity index (χ4v) is 2.06. The van der Waals surface area contributed by atoms with Crippen molar-refractivity contribution in [3.8, 4) is 0 Å². The van der Waals surface area contributed by atoms with E-state index in [1.807, 2.05) is 0 Å². The summed E-state index contributed by atoms with van der Waals surface area (Å²) in [6, 6.07) is 3.51. The smallest absolute Gasteiger partial charge is 0.242 e. The van der Waals surface area contributed by atoms with Gasteiger partial charge < -0.3 is 14.9 Å². The van der Waals surface area contributed by atoms with Gasteiger partial charge in [-0.3, -0.25) is 4.79 Å². The summed E-state index contributed by atoms with van der Waals surface area (Å²) in [5.41, 5.74) is 0. The van der Waals surface area contributed by atoms with Crippen molar-refractivity contribution in [2.24, 2.45) is 0 Å². The first-order chi connectivity index (χ1) is 8.56. The van der Waals surface area contributed by atoms with Crippen LogP contribution in [0.3, 0.4) is 0 Å². The minimum absolute atomic E-state index is 0.00537. The van der Waals surface area contributed by atoms with E-state index in [-0.39, 0.29) is 18.6 Å². The van der Waals surface area contributed by atoms with Crippen LogP contribution in [-0.4, -0.2) is 53.7 Å². The third-order valence-corrected chi connectivity index (χ3v) is 3.21. The molecule has 1 aliphatic heterocycles. The molecule has 0 spiro atoms. The standard InChI is InChI=1S/C12H16ClN3O2/c1-15(11-3-2-9(13)6-14-11)8-12(18)16-5-4-10(17)7-16/h2-3,6,10,17H,4-5,7-8H2,1H3/t10-/m0/s1. The van der Waals surface area contributed by atoms with Crippen molar-refractivity contribution in [3.63, 3.8) is 0 Å². The van der Waals surface area contributed by atoms with Gasteiger partial charge >= 0.3 is 0 Å². The van der Waals surface area contributed by atoms with Crippen molar-refractivity contribution < 1.29 is 9.90 Å². The number of hydrogen-bond acceptors (Lipinski definition) is 4. The molecule has 1 fully saturated rings. The van der Waals surface area contributed by atoms with Gasteiger partial charge in [-0.05, 0) is 18.6 Å². The Morgan fingerprint density at radius 2 is 2.44 bits per heavy atom. The van der Waals surface area contributed by atoms with Crippen LogP contribution < -0.4 is 4.90 Å². The van der Waals surface area contributed by atoms with Gasteiger partial charge in [-0.15, -0.1) is 0 Å². The first-order valence-corrected chi connectivity index (χ1v) is 6.22. The highest BCUT2D eigenvalue weighted by Crippen LogP contribution is 2.14. The van der Waals surface area contributed by atoms with Gasteiger partial charge in [0, 0.05) is 26.3 Å². The van der Waals surface area contributed by atoms with E-state index in [1.54, 1.807) is 35.2 Å². The van der Waals surface area contributed by atoms with Crippen LogP contribution in [0.25, 0.3) is 0 Å². The highest BCUT2D eigenvalue weighted by atomic mass is 35.5. The van der Waals surface area contributed by atoms with E-state index in [0.717, 1.165) is 0 Å². The maximum Gasteiger partial charge on any atom is 0.242 e. The molecule has 0 unspecified atom stereocenters. The summed E-state index contributed by atoms with van der Waals surface area (Å²) in [4.78, 5) is 19.6. The second-order valence-corrected chi connectivity index (χ2v) is 4.91. The molecule has 1 N–H and O–H groups in total. The van der Waals surface area contributed by atoms with Crippen LogP contribution in [0.1, 0.15) is 6.42 Å². The summed E-state index contributed by atoms with van der Waals surface area (Å²) in [7, 11) is 1.81. The zero-order valence-corrected chi connectivity index (χ0v) is 11.0. The Hall–Kier alpha value is -1.33. The van der Waals surface area contributed by atoms with Crippen molar-refractivity contribution in [1.29, 1.82) is 0 Å². The number of anilines is 1. The first kappa shape index (κ1) is 13.1. The lowest BCUT2D eigenvalue weighted by atomic mass is 10.3. The number of carbonyl (C=O) groups excluding carboxylic acids is 1. The molecule has 1 aromatic rings. The number of halogens is 1. The Kier molecular flexibility index (Phi) is 4.04. The van der Waals surface area contributed by atoms with Gasteiger partial charge in [0.1, 0.15) is 5.82 Å². The number of carbonyl (C=O) groups is 1. The molecule has 0 bridgehead atoms. The number of aliphatic hydroxyl groups is 1. The molecule has 1 atom stereocenters. The monoisotopic (exact) mass is 269 g/mol. The van der Waals surface area contributed by atoms with Gasteiger partial charge in [0.15, 0.2) is 0 Å². The minimum atomic E-state index is -0.382. The number of aliphatic hydroxyl groups excluding tert-OH is 1. The lowest BCUT2D eigenvalue weighted by molar-refractivity contribution is -0.129. The predicted octanol–water partition coefficient (Wildman–Crippen LogP) is 0.764. The molecule has 1 aromatic heterocycles. The molecule has 2 heterocycles. The number of likely N-dealkylation sites (N-methyl/N-ethyl adjacent to an activating group) is 1. The van der Waals surface area contributed by atoms with Crippen molar-refractivity contribution in [3.05, 3.63) is 23.4 Å². The second kappa shape index (κ2) is 5.54. The lowest BCUT2D eigenvalue weighted by Crippen LogP contribution is -2.38. The molecule has 2 rings (SSSR count). The summed E-state index contributed by atoms with van der Waals surface area (Å²) in [6.07, 6.45) is 1.83. The van der Waals surface area contributed by atoms with Gasteiger partial charge in [0.2, 0.25) is 5.91 Å². The molecular weight excluding hydrogens is 254 g/mol. The fraction of sp³-hybridized carbons (Fsp3) is 0.500. The molecular formula is C12H16ClN3O2. The van der Waals surface area contributed by atoms with E-state index in [9.17, 15) is 9.90 Å². The summed E-state index contributed by atoms with van der Waals surface area (Å²) in [6.45, 7) is 1.31. The molecule has 1 aliphatic rings. The Morgan fingerprint density at radius 3 is 3.00 bits per heavy atom. The van der Waals surface area contributed by atoms with Crippen LogP contribution in [0.2, 0.25) is 5.02 Å². The zero-order chi connectivity index (χ0) is 13.1. The normalized spacial score (nSPS) is 19.1. The second-order valence-electron chi connectivity index (χ2n) is 4.47. The number of likely N-dealkylation sites (tertiary alicyclic amines) is 1. The van der Waals surface area contributed by atoms with Gasteiger partial charge in [-0.25, -0.2) is 4.98 Å². The number of nitrogens with zero attached hydrogens (tertiary/aromatic N) is 3. The van der Waals surface area contributed by atoms with Gasteiger partial charge in [0.25, 0.3) is 0 Å². The number of rotatable bonds is 3. The molecule has 6 heteroatoms. The van der Waals surface area contributed by atoms with Crippen molar-refractivity contribution in [2.75, 3.05) is 31.6 Å². The Morgan fingerprint density at radius 1 is 1.67 bits per heavy atom. The van der Waals surface area contributed by atoms with E-state index >= 15 is 0 Å². The number of amides is 1. The van der Waals surface area contributed by atoms with Crippen LogP contribution in [0.4, 0.5) is 5.82 Å². The lowest BCUT2D eigenvalue weighted by Gasteiger charge is -2.22. The van der Waals surface area contributed by atoms with Crippen LogP contribution in [0.5, 0.6) is 0 Å². The SMILES string of the molecule is CN(CC(=O)N1CC[C@H](O)C1)c1ccc(Cl)cn1. The van der Waals surface area contributed by atoms with Crippen LogP contribution in [0, 0.1) is 0 Å². The van der Waals surface area contributed by atoms with Crippen molar-refractivity contribution in [2.45, 2.75) is 12.5 Å². The molecule has 1 saturated heterocycles. The van der Waals surface area contributed by atoms with Gasteiger partial charge in [-0.1, -0.05) is 11.6 Å². The maximum atomic E-state index is 12.0. The summed E-state index contributed by atoms with van der Waals surface area (Å²) in [5, 5.41) is 9.97. The molecule has 0 radical (unpaired) electrons. The third-order valence-electron chi connectivity index (χ3n) is 2.99. The average Bonchev–Trinajstić information content (AvgIpc) is 2.76.